The fourth-order valence-electron chi connectivity index (χ4n) is 3.34. The van der Waals surface area contributed by atoms with E-state index in [4.69, 9.17) is 22.4 Å². The van der Waals surface area contributed by atoms with Crippen LogP contribution >= 0.6 is 11.6 Å². The number of nitrogen functional groups attached to an aromatic ring is 1. The van der Waals surface area contributed by atoms with Gasteiger partial charge < -0.3 is 20.6 Å². The van der Waals surface area contributed by atoms with Gasteiger partial charge in [0.15, 0.2) is 5.82 Å². The van der Waals surface area contributed by atoms with Crippen molar-refractivity contribution in [2.45, 2.75) is 18.6 Å². The third-order valence-electron chi connectivity index (χ3n) is 4.78. The number of anilines is 2. The molecule has 1 unspecified atom stereocenters. The number of alkyl halides is 3. The first-order chi connectivity index (χ1) is 14.1. The maximum atomic E-state index is 13.0. The minimum atomic E-state index is -4.57. The van der Waals surface area contributed by atoms with Crippen LogP contribution in [0.25, 0.3) is 0 Å². The van der Waals surface area contributed by atoms with Gasteiger partial charge in [-0.15, -0.1) is 0 Å². The van der Waals surface area contributed by atoms with Crippen molar-refractivity contribution in [3.8, 4) is 0 Å². The average Bonchev–Trinajstić information content (AvgIpc) is 2.67. The van der Waals surface area contributed by atoms with Crippen LogP contribution in [0.1, 0.15) is 23.6 Å². The quantitative estimate of drug-likeness (QED) is 0.705. The van der Waals surface area contributed by atoms with Gasteiger partial charge in [0.1, 0.15) is 6.42 Å². The standard InChI is InChI=1S/C19H18ClF3N4O3/c20-13-3-1-11(2-4-13)15-10-26(16(28)8-17(29)30)5-6-27(15)18-14(24)7-12(9-25-18)19(21,22)23/h1-4,7,9,15H,5-6,8,10,24H2,(H,29,30). The number of carboxylic acids is 1. The van der Waals surface area contributed by atoms with Crippen LogP contribution in [0.2, 0.25) is 5.02 Å². The van der Waals surface area contributed by atoms with E-state index in [9.17, 15) is 22.8 Å². The molecule has 3 rings (SSSR count). The molecule has 0 aliphatic carbocycles. The van der Waals surface area contributed by atoms with E-state index in [1.165, 1.54) is 4.90 Å². The van der Waals surface area contributed by atoms with Crippen LogP contribution in [0.4, 0.5) is 24.7 Å². The van der Waals surface area contributed by atoms with Crippen LogP contribution in [-0.4, -0.2) is 46.5 Å². The van der Waals surface area contributed by atoms with Crippen LogP contribution in [0.5, 0.6) is 0 Å². The smallest absolute Gasteiger partial charge is 0.417 e. The van der Waals surface area contributed by atoms with Gasteiger partial charge in [0, 0.05) is 30.9 Å². The molecule has 7 nitrogen and oxygen atoms in total. The Morgan fingerprint density at radius 3 is 2.47 bits per heavy atom. The number of carboxylic acid groups (broad SMARTS) is 1. The number of carbonyl (C=O) groups is 2. The zero-order valence-corrected chi connectivity index (χ0v) is 16.3. The summed E-state index contributed by atoms with van der Waals surface area (Å²) in [6.07, 6.45) is -4.50. The summed E-state index contributed by atoms with van der Waals surface area (Å²) in [7, 11) is 0. The van der Waals surface area contributed by atoms with Crippen LogP contribution in [0.3, 0.4) is 0 Å². The number of aliphatic carboxylic acids is 1. The molecule has 1 saturated heterocycles. The summed E-state index contributed by atoms with van der Waals surface area (Å²) in [5.74, 6) is -1.62. The number of piperazine rings is 1. The van der Waals surface area contributed by atoms with Crippen molar-refractivity contribution in [2.24, 2.45) is 0 Å². The van der Waals surface area contributed by atoms with Gasteiger partial charge in [-0.1, -0.05) is 23.7 Å². The molecule has 1 aromatic heterocycles. The maximum absolute atomic E-state index is 13.0. The molecule has 1 fully saturated rings. The fourth-order valence-corrected chi connectivity index (χ4v) is 3.47. The number of hydrogen-bond acceptors (Lipinski definition) is 5. The van der Waals surface area contributed by atoms with E-state index in [0.717, 1.165) is 11.6 Å². The van der Waals surface area contributed by atoms with E-state index in [2.05, 4.69) is 4.98 Å². The summed E-state index contributed by atoms with van der Waals surface area (Å²) < 4.78 is 38.9. The highest BCUT2D eigenvalue weighted by atomic mass is 35.5. The lowest BCUT2D eigenvalue weighted by atomic mass is 10.0. The van der Waals surface area contributed by atoms with Crippen molar-refractivity contribution >= 4 is 35.0 Å². The molecule has 2 heterocycles. The van der Waals surface area contributed by atoms with Crippen molar-refractivity contribution in [2.75, 3.05) is 30.3 Å². The summed E-state index contributed by atoms with van der Waals surface area (Å²) in [6.45, 7) is 0.509. The molecule has 30 heavy (non-hydrogen) atoms. The number of rotatable bonds is 4. The largest absolute Gasteiger partial charge is 0.481 e. The fraction of sp³-hybridized carbons (Fsp3) is 0.316. The molecule has 0 radical (unpaired) electrons. The topological polar surface area (TPSA) is 99.8 Å². The molecule has 1 amide bonds. The van der Waals surface area contributed by atoms with Gasteiger partial charge in [-0.2, -0.15) is 13.2 Å². The predicted octanol–water partition coefficient (Wildman–Crippen LogP) is 3.20. The lowest BCUT2D eigenvalue weighted by Gasteiger charge is -2.42. The Morgan fingerprint density at radius 2 is 1.90 bits per heavy atom. The highest BCUT2D eigenvalue weighted by molar-refractivity contribution is 6.30. The summed E-state index contributed by atoms with van der Waals surface area (Å²) in [5.41, 5.74) is 5.52. The van der Waals surface area contributed by atoms with Crippen LogP contribution < -0.4 is 10.6 Å². The van der Waals surface area contributed by atoms with Crippen molar-refractivity contribution in [1.82, 2.24) is 9.88 Å². The normalized spacial score (nSPS) is 17.1. The highest BCUT2D eigenvalue weighted by Gasteiger charge is 2.35. The molecule has 160 valence electrons. The number of hydrogen-bond donors (Lipinski definition) is 2. The number of nitrogens with two attached hydrogens (primary N) is 1. The second-order valence-electron chi connectivity index (χ2n) is 6.81. The van der Waals surface area contributed by atoms with E-state index in [0.29, 0.717) is 11.2 Å². The molecule has 11 heteroatoms. The highest BCUT2D eigenvalue weighted by Crippen LogP contribution is 2.36. The van der Waals surface area contributed by atoms with E-state index < -0.39 is 36.1 Å². The van der Waals surface area contributed by atoms with Gasteiger partial charge in [0.2, 0.25) is 5.91 Å². The Labute approximate surface area is 174 Å². The van der Waals surface area contributed by atoms with Gasteiger partial charge >= 0.3 is 12.1 Å². The number of amides is 1. The number of nitrogens with zero attached hydrogens (tertiary/aromatic N) is 3. The molecule has 0 spiro atoms. The second-order valence-corrected chi connectivity index (χ2v) is 7.24. The van der Waals surface area contributed by atoms with Gasteiger partial charge in [-0.05, 0) is 23.8 Å². The Morgan fingerprint density at radius 1 is 1.23 bits per heavy atom. The second kappa shape index (κ2) is 8.39. The van der Waals surface area contributed by atoms with E-state index in [1.54, 1.807) is 29.2 Å². The number of halogens is 4. The third kappa shape index (κ3) is 4.76. The minimum Gasteiger partial charge on any atom is -0.481 e. The van der Waals surface area contributed by atoms with Crippen LogP contribution in [0.15, 0.2) is 36.5 Å². The first-order valence-corrected chi connectivity index (χ1v) is 9.28. The molecular weight excluding hydrogens is 425 g/mol. The first kappa shape index (κ1) is 21.7. The summed E-state index contributed by atoms with van der Waals surface area (Å²) in [4.78, 5) is 30.2. The molecule has 1 aliphatic heterocycles. The van der Waals surface area contributed by atoms with Crippen molar-refractivity contribution in [3.63, 3.8) is 0 Å². The number of aromatic nitrogens is 1. The maximum Gasteiger partial charge on any atom is 0.417 e. The molecule has 0 saturated carbocycles. The average molecular weight is 443 g/mol. The van der Waals surface area contributed by atoms with Gasteiger partial charge in [0.05, 0.1) is 17.3 Å². The third-order valence-corrected chi connectivity index (χ3v) is 5.04. The van der Waals surface area contributed by atoms with Crippen molar-refractivity contribution in [3.05, 3.63) is 52.7 Å². The molecular formula is C19H18ClF3N4O3. The van der Waals surface area contributed by atoms with Crippen LogP contribution in [-0.2, 0) is 15.8 Å². The molecule has 0 bridgehead atoms. The Bertz CT molecular complexity index is 953. The zero-order valence-electron chi connectivity index (χ0n) is 15.6. The van der Waals surface area contributed by atoms with E-state index in [1.807, 2.05) is 0 Å². The van der Waals surface area contributed by atoms with Gasteiger partial charge in [-0.25, -0.2) is 4.98 Å². The SMILES string of the molecule is Nc1cc(C(F)(F)F)cnc1N1CCN(C(=O)CC(=O)O)CC1c1ccc(Cl)cc1. The van der Waals surface area contributed by atoms with E-state index >= 15 is 0 Å². The molecule has 1 aliphatic rings. The number of carbonyl (C=O) groups excluding carboxylic acids is 1. The Balaban J connectivity index is 1.95. The lowest BCUT2D eigenvalue weighted by molar-refractivity contribution is -0.144. The minimum absolute atomic E-state index is 0.121. The predicted molar refractivity (Wildman–Crippen MR) is 104 cm³/mol. The first-order valence-electron chi connectivity index (χ1n) is 8.90. The van der Waals surface area contributed by atoms with Crippen LogP contribution in [0, 0.1) is 0 Å². The monoisotopic (exact) mass is 442 g/mol. The van der Waals surface area contributed by atoms with Crippen molar-refractivity contribution in [1.29, 1.82) is 0 Å². The van der Waals surface area contributed by atoms with Gasteiger partial charge in [-0.3, -0.25) is 9.59 Å². The molecule has 1 atom stereocenters. The van der Waals surface area contributed by atoms with Gasteiger partial charge in [0.25, 0.3) is 0 Å². The summed E-state index contributed by atoms with van der Waals surface area (Å²) >= 11 is 5.94. The Kier molecular flexibility index (Phi) is 6.06. The molecule has 3 N–H and O–H groups in total. The number of pyridine rings is 1. The number of benzene rings is 1. The Hall–Kier alpha value is -3.01. The van der Waals surface area contributed by atoms with E-state index in [-0.39, 0.29) is 31.1 Å². The lowest BCUT2D eigenvalue weighted by Crippen LogP contribution is -2.51. The zero-order chi connectivity index (χ0) is 22.1. The summed E-state index contributed by atoms with van der Waals surface area (Å²) in [6, 6.07) is 7.08. The van der Waals surface area contributed by atoms with Crippen molar-refractivity contribution < 1.29 is 27.9 Å². The summed E-state index contributed by atoms with van der Waals surface area (Å²) in [5, 5.41) is 9.39. The molecule has 1 aromatic carbocycles. The molecule has 2 aromatic rings.